The summed E-state index contributed by atoms with van der Waals surface area (Å²) in [4.78, 5) is 0.153. The highest BCUT2D eigenvalue weighted by atomic mass is 32.2. The Balaban J connectivity index is 2.19. The third kappa shape index (κ3) is 3.56. The number of hydrogen-bond donors (Lipinski definition) is 0. The van der Waals surface area contributed by atoms with Gasteiger partial charge in [0, 0.05) is 19.3 Å². The van der Waals surface area contributed by atoms with Crippen molar-refractivity contribution in [3.63, 3.8) is 0 Å². The molecular weight excluding hydrogens is 314 g/mol. The normalized spacial score (nSPS) is 20.6. The zero-order valence-corrected chi connectivity index (χ0v) is 13.7. The number of nitrogens with zero attached hydrogens (tertiary/aromatic N) is 1. The molecule has 21 heavy (non-hydrogen) atoms. The van der Waals surface area contributed by atoms with Crippen molar-refractivity contribution in [3.05, 3.63) is 24.3 Å². The average molecular weight is 333 g/mol. The van der Waals surface area contributed by atoms with Crippen LogP contribution in [0.2, 0.25) is 0 Å². The van der Waals surface area contributed by atoms with E-state index < -0.39 is 25.1 Å². The molecule has 2 rings (SSSR count). The van der Waals surface area contributed by atoms with Gasteiger partial charge in [-0.05, 0) is 37.6 Å². The van der Waals surface area contributed by atoms with Crippen LogP contribution in [0, 0.1) is 0 Å². The molecule has 1 aromatic rings. The SMILES string of the molecule is CCOc1ccc(S(=O)(=O)N2CCC(S(C)(=O)=O)C2)cc1. The van der Waals surface area contributed by atoms with Gasteiger partial charge in [0.25, 0.3) is 0 Å². The number of benzene rings is 1. The van der Waals surface area contributed by atoms with Gasteiger partial charge in [0.1, 0.15) is 5.75 Å². The first-order chi connectivity index (χ1) is 9.75. The minimum absolute atomic E-state index is 0.0222. The number of hydrogen-bond acceptors (Lipinski definition) is 5. The van der Waals surface area contributed by atoms with Gasteiger partial charge >= 0.3 is 0 Å². The molecule has 0 aromatic heterocycles. The van der Waals surface area contributed by atoms with Crippen LogP contribution in [0.1, 0.15) is 13.3 Å². The summed E-state index contributed by atoms with van der Waals surface area (Å²) >= 11 is 0. The number of sulfonamides is 1. The van der Waals surface area contributed by atoms with Crippen molar-refractivity contribution in [2.75, 3.05) is 26.0 Å². The van der Waals surface area contributed by atoms with Gasteiger partial charge < -0.3 is 4.74 Å². The minimum atomic E-state index is -3.65. The van der Waals surface area contributed by atoms with Crippen molar-refractivity contribution in [2.45, 2.75) is 23.5 Å². The van der Waals surface area contributed by atoms with Crippen LogP contribution in [0.5, 0.6) is 5.75 Å². The highest BCUT2D eigenvalue weighted by molar-refractivity contribution is 7.91. The smallest absolute Gasteiger partial charge is 0.243 e. The van der Waals surface area contributed by atoms with Crippen LogP contribution < -0.4 is 4.74 Å². The lowest BCUT2D eigenvalue weighted by Crippen LogP contribution is -2.31. The van der Waals surface area contributed by atoms with Gasteiger partial charge in [0.2, 0.25) is 10.0 Å². The molecule has 8 heteroatoms. The molecular formula is C13H19NO5S2. The van der Waals surface area contributed by atoms with E-state index in [4.69, 9.17) is 4.74 Å². The average Bonchev–Trinajstić information content (AvgIpc) is 2.90. The molecule has 0 bridgehead atoms. The van der Waals surface area contributed by atoms with E-state index in [1.807, 2.05) is 6.92 Å². The lowest BCUT2D eigenvalue weighted by Gasteiger charge is -2.16. The third-order valence-corrected chi connectivity index (χ3v) is 6.96. The summed E-state index contributed by atoms with van der Waals surface area (Å²) in [5.74, 6) is 0.604. The lowest BCUT2D eigenvalue weighted by atomic mass is 10.3. The Bertz CT molecular complexity index is 695. The van der Waals surface area contributed by atoms with E-state index in [9.17, 15) is 16.8 Å². The van der Waals surface area contributed by atoms with Crippen molar-refractivity contribution in [1.29, 1.82) is 0 Å². The van der Waals surface area contributed by atoms with Crippen LogP contribution in [0.3, 0.4) is 0 Å². The third-order valence-electron chi connectivity index (χ3n) is 3.49. The zero-order valence-electron chi connectivity index (χ0n) is 12.0. The van der Waals surface area contributed by atoms with Gasteiger partial charge in [-0.25, -0.2) is 16.8 Å². The van der Waals surface area contributed by atoms with E-state index in [1.165, 1.54) is 16.4 Å². The molecule has 1 aliphatic heterocycles. The van der Waals surface area contributed by atoms with Gasteiger partial charge in [-0.2, -0.15) is 4.31 Å². The molecule has 1 atom stereocenters. The van der Waals surface area contributed by atoms with E-state index in [0.717, 1.165) is 6.26 Å². The quantitative estimate of drug-likeness (QED) is 0.799. The molecule has 0 N–H and O–H groups in total. The fourth-order valence-electron chi connectivity index (χ4n) is 2.29. The van der Waals surface area contributed by atoms with E-state index in [2.05, 4.69) is 0 Å². The maximum atomic E-state index is 12.5. The van der Waals surface area contributed by atoms with Crippen LogP contribution in [-0.4, -0.2) is 52.3 Å². The molecule has 0 saturated carbocycles. The monoisotopic (exact) mass is 333 g/mol. The predicted molar refractivity (Wildman–Crippen MR) is 79.6 cm³/mol. The van der Waals surface area contributed by atoms with Crippen LogP contribution in [-0.2, 0) is 19.9 Å². The molecule has 0 radical (unpaired) electrons. The summed E-state index contributed by atoms with van der Waals surface area (Å²) in [5, 5.41) is -0.616. The van der Waals surface area contributed by atoms with Gasteiger partial charge in [0.15, 0.2) is 9.84 Å². The fraction of sp³-hybridized carbons (Fsp3) is 0.538. The Kier molecular flexibility index (Phi) is 4.60. The maximum Gasteiger partial charge on any atom is 0.243 e. The van der Waals surface area contributed by atoms with Gasteiger partial charge in [0.05, 0.1) is 16.8 Å². The first-order valence-electron chi connectivity index (χ1n) is 6.67. The first kappa shape index (κ1) is 16.3. The summed E-state index contributed by atoms with van der Waals surface area (Å²) in [7, 11) is -6.87. The summed E-state index contributed by atoms with van der Waals surface area (Å²) in [6, 6.07) is 6.16. The molecule has 118 valence electrons. The second kappa shape index (κ2) is 5.94. The minimum Gasteiger partial charge on any atom is -0.494 e. The highest BCUT2D eigenvalue weighted by Crippen LogP contribution is 2.25. The maximum absolute atomic E-state index is 12.5. The molecule has 6 nitrogen and oxygen atoms in total. The first-order valence-corrected chi connectivity index (χ1v) is 10.1. The van der Waals surface area contributed by atoms with Crippen LogP contribution >= 0.6 is 0 Å². The van der Waals surface area contributed by atoms with E-state index in [1.54, 1.807) is 12.1 Å². The van der Waals surface area contributed by atoms with E-state index in [0.29, 0.717) is 18.8 Å². The molecule has 1 fully saturated rings. The van der Waals surface area contributed by atoms with Crippen molar-refractivity contribution in [1.82, 2.24) is 4.31 Å². The lowest BCUT2D eigenvalue weighted by molar-refractivity contribution is 0.340. The molecule has 0 spiro atoms. The van der Waals surface area contributed by atoms with E-state index in [-0.39, 0.29) is 18.0 Å². The molecule has 0 aliphatic carbocycles. The molecule has 1 unspecified atom stereocenters. The van der Waals surface area contributed by atoms with Gasteiger partial charge in [-0.1, -0.05) is 0 Å². The van der Waals surface area contributed by atoms with Gasteiger partial charge in [-0.15, -0.1) is 0 Å². The summed E-state index contributed by atoms with van der Waals surface area (Å²) < 4.78 is 54.5. The zero-order chi connectivity index (χ0) is 15.7. The predicted octanol–water partition coefficient (Wildman–Crippen LogP) is 0.893. The standard InChI is InChI=1S/C13H19NO5S2/c1-3-19-11-4-6-12(7-5-11)21(17,18)14-9-8-13(10-14)20(2,15)16/h4-7,13H,3,8-10H2,1-2H3. The number of rotatable bonds is 5. The second-order valence-electron chi connectivity index (χ2n) is 5.01. The Hall–Kier alpha value is -1.12. The number of sulfone groups is 1. The molecule has 0 amide bonds. The van der Waals surface area contributed by atoms with Crippen LogP contribution in [0.15, 0.2) is 29.2 Å². The Morgan fingerprint density at radius 2 is 1.81 bits per heavy atom. The van der Waals surface area contributed by atoms with Crippen molar-refractivity contribution in [2.24, 2.45) is 0 Å². The van der Waals surface area contributed by atoms with Crippen LogP contribution in [0.25, 0.3) is 0 Å². The Morgan fingerprint density at radius 1 is 1.19 bits per heavy atom. The molecule has 1 aromatic carbocycles. The Labute approximate surface area is 125 Å². The molecule has 1 saturated heterocycles. The van der Waals surface area contributed by atoms with Crippen molar-refractivity contribution >= 4 is 19.9 Å². The summed E-state index contributed by atoms with van der Waals surface area (Å²) in [5.41, 5.74) is 0. The Morgan fingerprint density at radius 3 is 2.29 bits per heavy atom. The molecule has 1 aliphatic rings. The second-order valence-corrected chi connectivity index (χ2v) is 9.27. The summed E-state index contributed by atoms with van der Waals surface area (Å²) in [6.45, 7) is 2.61. The number of ether oxygens (including phenoxy) is 1. The molecule has 1 heterocycles. The van der Waals surface area contributed by atoms with Crippen molar-refractivity contribution < 1.29 is 21.6 Å². The topological polar surface area (TPSA) is 80.8 Å². The summed E-state index contributed by atoms with van der Waals surface area (Å²) in [6.07, 6.45) is 1.49. The van der Waals surface area contributed by atoms with Gasteiger partial charge in [-0.3, -0.25) is 0 Å². The van der Waals surface area contributed by atoms with Crippen molar-refractivity contribution in [3.8, 4) is 5.75 Å². The van der Waals surface area contributed by atoms with E-state index >= 15 is 0 Å². The largest absolute Gasteiger partial charge is 0.494 e. The van der Waals surface area contributed by atoms with Crippen LogP contribution in [0.4, 0.5) is 0 Å². The fourth-order valence-corrected chi connectivity index (χ4v) is 4.87. The highest BCUT2D eigenvalue weighted by Gasteiger charge is 2.36.